The molecule has 0 aromatic carbocycles. The van der Waals surface area contributed by atoms with Gasteiger partial charge in [0.1, 0.15) is 25.5 Å². The van der Waals surface area contributed by atoms with Crippen LogP contribution in [0.4, 0.5) is 26.3 Å². The van der Waals surface area contributed by atoms with Crippen LogP contribution in [0.5, 0.6) is 0 Å². The Hall–Kier alpha value is -2.10. The lowest BCUT2D eigenvalue weighted by Crippen LogP contribution is -2.47. The standard InChI is InChI=1S/C12H15F6N3O5S2/c1-9(2)10(26-7-6-20-5-4-19(3)8-20)21(27(22,23)11(13,14)15)28(24,25)12(16,17)18/h4-5,8H,1,6-7H2,2-3H3/q+2. The highest BCUT2D eigenvalue weighted by molar-refractivity contribution is 7.98. The number of hydrogen-bond acceptors (Lipinski definition) is 5. The molecular formula is C12H15F6N3O5S2+2. The van der Waals surface area contributed by atoms with E-state index in [0.29, 0.717) is 0 Å². The molecule has 0 amide bonds. The lowest BCUT2D eigenvalue weighted by molar-refractivity contribution is -0.671. The van der Waals surface area contributed by atoms with Crippen LogP contribution in [0.25, 0.3) is 0 Å². The second-order valence-electron chi connectivity index (χ2n) is 5.35. The Morgan fingerprint density at radius 1 is 1.11 bits per heavy atom. The highest BCUT2D eigenvalue weighted by Crippen LogP contribution is 2.33. The number of imidazole rings is 1. The van der Waals surface area contributed by atoms with Gasteiger partial charge in [-0.2, -0.15) is 43.2 Å². The normalized spacial score (nSPS) is 13.3. The maximum atomic E-state index is 12.8. The van der Waals surface area contributed by atoms with E-state index in [1.54, 1.807) is 17.8 Å². The van der Waals surface area contributed by atoms with Crippen molar-refractivity contribution >= 4 is 25.9 Å². The van der Waals surface area contributed by atoms with Crippen LogP contribution < -0.4 is 4.57 Å². The van der Waals surface area contributed by atoms with E-state index in [2.05, 4.69) is 6.58 Å². The number of aryl methyl sites for hydroxylation is 1. The van der Waals surface area contributed by atoms with Gasteiger partial charge in [-0.25, -0.2) is 9.13 Å². The van der Waals surface area contributed by atoms with Crippen molar-refractivity contribution in [2.45, 2.75) is 24.5 Å². The van der Waals surface area contributed by atoms with Crippen molar-refractivity contribution in [1.82, 2.24) is 4.57 Å². The number of aromatic nitrogens is 2. The molecule has 16 heteroatoms. The quantitative estimate of drug-likeness (QED) is 0.274. The molecule has 0 atom stereocenters. The molecular weight excluding hydrogens is 444 g/mol. The molecule has 8 nitrogen and oxygen atoms in total. The fourth-order valence-corrected chi connectivity index (χ4v) is 4.52. The van der Waals surface area contributed by atoms with Gasteiger partial charge >= 0.3 is 37.0 Å². The Labute approximate surface area is 156 Å². The number of alkyl halides is 6. The van der Waals surface area contributed by atoms with Crippen molar-refractivity contribution in [3.63, 3.8) is 0 Å². The minimum Gasteiger partial charge on any atom is -0.438 e. The number of nitrogens with zero attached hydrogens (tertiary/aromatic N) is 3. The summed E-state index contributed by atoms with van der Waals surface area (Å²) in [6.45, 7) is 3.00. The molecule has 0 fully saturated rings. The lowest BCUT2D eigenvalue weighted by atomic mass is 10.3. The molecule has 0 aliphatic rings. The molecule has 0 unspecified atom stereocenters. The van der Waals surface area contributed by atoms with E-state index in [0.717, 1.165) is 6.92 Å². The van der Waals surface area contributed by atoms with Gasteiger partial charge in [0, 0.05) is 0 Å². The second kappa shape index (κ2) is 7.73. The smallest absolute Gasteiger partial charge is 0.438 e. The number of halogens is 6. The van der Waals surface area contributed by atoms with E-state index in [9.17, 15) is 43.2 Å². The van der Waals surface area contributed by atoms with Gasteiger partial charge in [0.15, 0.2) is 0 Å². The molecule has 0 bridgehead atoms. The Morgan fingerprint density at radius 2 is 1.57 bits per heavy atom. The first kappa shape index (κ1) is 23.9. The molecule has 1 rings (SSSR count). The first-order valence-corrected chi connectivity index (χ1v) is 9.90. The predicted molar refractivity (Wildman–Crippen MR) is 81.6 cm³/mol. The van der Waals surface area contributed by atoms with Gasteiger partial charge in [-0.15, -0.1) is 0 Å². The topological polar surface area (TPSA) is 89.3 Å². The summed E-state index contributed by atoms with van der Waals surface area (Å²) in [4.78, 5) is 0. The molecule has 0 radical (unpaired) electrons. The minimum atomic E-state index is -7.02. The summed E-state index contributed by atoms with van der Waals surface area (Å²) in [5, 5.41) is 0. The molecule has 160 valence electrons. The maximum Gasteiger partial charge on any atom is 0.561 e. The first-order chi connectivity index (χ1) is 12.4. The zero-order valence-corrected chi connectivity index (χ0v) is 16.0. The summed E-state index contributed by atoms with van der Waals surface area (Å²) in [5.74, 6) is -1.72. The first-order valence-electron chi connectivity index (χ1n) is 7.02. The minimum absolute atomic E-state index is 0.149. The Morgan fingerprint density at radius 3 is 1.89 bits per heavy atom. The van der Waals surface area contributed by atoms with Crippen molar-refractivity contribution in [3.05, 3.63) is 30.9 Å². The zero-order chi connectivity index (χ0) is 22.1. The van der Waals surface area contributed by atoms with Crippen LogP contribution in [-0.4, -0.2) is 48.3 Å². The molecule has 0 aliphatic heterocycles. The average Bonchev–Trinajstić information content (AvgIpc) is 2.88. The van der Waals surface area contributed by atoms with Gasteiger partial charge in [0.2, 0.25) is 6.33 Å². The Balaban J connectivity index is 3.58. The summed E-state index contributed by atoms with van der Waals surface area (Å²) >= 11 is 0. The van der Waals surface area contributed by atoms with Gasteiger partial charge in [0.25, 0.3) is 0 Å². The number of hydrogen-bond donors (Lipinski definition) is 0. The fourth-order valence-electron chi connectivity index (χ4n) is 1.75. The van der Waals surface area contributed by atoms with E-state index < -0.39 is 52.5 Å². The van der Waals surface area contributed by atoms with E-state index in [1.807, 2.05) is 0 Å². The Kier molecular flexibility index (Phi) is 6.61. The maximum absolute atomic E-state index is 12.8. The van der Waals surface area contributed by atoms with Crippen LogP contribution in [0, 0.1) is 0 Å². The second-order valence-corrected chi connectivity index (χ2v) is 9.14. The monoisotopic (exact) mass is 459 g/mol. The van der Waals surface area contributed by atoms with Crippen molar-refractivity contribution in [1.29, 1.82) is 0 Å². The highest BCUT2D eigenvalue weighted by atomic mass is 32.3. The van der Waals surface area contributed by atoms with Crippen molar-refractivity contribution in [2.75, 3.05) is 6.61 Å². The summed E-state index contributed by atoms with van der Waals surface area (Å²) in [5.41, 5.74) is -13.5. The number of sulfonamides is 2. The molecule has 1 aromatic rings. The van der Waals surface area contributed by atoms with E-state index >= 15 is 0 Å². The third kappa shape index (κ3) is 4.84. The van der Waals surface area contributed by atoms with Gasteiger partial charge in [-0.3, -0.25) is 0 Å². The molecule has 0 saturated heterocycles. The van der Waals surface area contributed by atoms with Crippen LogP contribution in [0.1, 0.15) is 6.92 Å². The summed E-state index contributed by atoms with van der Waals surface area (Å²) in [7, 11) is -12.4. The summed E-state index contributed by atoms with van der Waals surface area (Å²) in [6.07, 6.45) is 4.50. The number of rotatable bonds is 6. The highest BCUT2D eigenvalue weighted by Gasteiger charge is 2.68. The van der Waals surface area contributed by atoms with Crippen molar-refractivity contribution in [2.24, 2.45) is 7.05 Å². The zero-order valence-electron chi connectivity index (χ0n) is 14.3. The van der Waals surface area contributed by atoms with Gasteiger partial charge < -0.3 is 4.74 Å². The summed E-state index contributed by atoms with van der Waals surface area (Å²) in [6, 6.07) is 0. The molecule has 28 heavy (non-hydrogen) atoms. The fraction of sp³-hybridized carbons (Fsp3) is 0.500. The Bertz CT molecular complexity index is 944. The third-order valence-electron chi connectivity index (χ3n) is 2.96. The van der Waals surface area contributed by atoms with Gasteiger partial charge in [0.05, 0.1) is 16.0 Å². The van der Waals surface area contributed by atoms with E-state index in [-0.39, 0.29) is 6.54 Å². The largest absolute Gasteiger partial charge is 0.561 e. The lowest BCUT2D eigenvalue weighted by Gasteiger charge is -2.12. The van der Waals surface area contributed by atoms with Crippen LogP contribution in [0.15, 0.2) is 30.9 Å². The van der Waals surface area contributed by atoms with Crippen LogP contribution in [0.3, 0.4) is 0 Å². The van der Waals surface area contributed by atoms with Crippen LogP contribution in [-0.2, 0) is 38.4 Å². The van der Waals surface area contributed by atoms with Crippen molar-refractivity contribution in [3.8, 4) is 0 Å². The molecule has 0 aliphatic carbocycles. The molecule has 1 heterocycles. The van der Waals surface area contributed by atoms with E-state index in [1.165, 1.54) is 17.1 Å². The number of ether oxygens (including phenoxy) is 1. The SMILES string of the molecule is C=C(C)C(OCCn1cc[n+](C)c1)=[N+](S(=O)(=O)C(F)(F)F)S(=O)(=O)C(F)(F)F. The van der Waals surface area contributed by atoms with Crippen LogP contribution >= 0.6 is 0 Å². The third-order valence-corrected chi connectivity index (χ3v) is 6.52. The average molecular weight is 459 g/mol. The molecule has 1 aromatic heterocycles. The predicted octanol–water partition coefficient (Wildman–Crippen LogP) is 1.02. The van der Waals surface area contributed by atoms with Gasteiger partial charge in [-0.1, -0.05) is 6.58 Å². The van der Waals surface area contributed by atoms with Crippen LogP contribution in [0.2, 0.25) is 0 Å². The van der Waals surface area contributed by atoms with Gasteiger partial charge in [-0.05, 0) is 6.92 Å². The molecule has 0 N–H and O–H groups in total. The molecule has 0 spiro atoms. The van der Waals surface area contributed by atoms with E-state index in [4.69, 9.17) is 4.74 Å². The molecule has 0 saturated carbocycles. The summed E-state index contributed by atoms with van der Waals surface area (Å²) < 4.78 is 129. The van der Waals surface area contributed by atoms with Crippen molar-refractivity contribution < 1.29 is 55.9 Å².